The number of amides is 1. The molecule has 0 saturated heterocycles. The second kappa shape index (κ2) is 8.98. The molecule has 0 radical (unpaired) electrons. The fraction of sp³-hybridized carbons (Fsp3) is 0.208. The number of pyridine rings is 1. The van der Waals surface area contributed by atoms with Gasteiger partial charge in [0, 0.05) is 11.1 Å². The highest BCUT2D eigenvalue weighted by atomic mass is 32.2. The Labute approximate surface area is 185 Å². The van der Waals surface area contributed by atoms with Gasteiger partial charge < -0.3 is 0 Å². The summed E-state index contributed by atoms with van der Waals surface area (Å²) in [5.41, 5.74) is 5.33. The normalized spacial score (nSPS) is 11.0. The van der Waals surface area contributed by atoms with Gasteiger partial charge in [-0.3, -0.25) is 14.7 Å². The number of thioether (sulfide) groups is 1. The number of benzene rings is 2. The van der Waals surface area contributed by atoms with Crippen molar-refractivity contribution >= 4 is 44.4 Å². The van der Waals surface area contributed by atoms with Crippen LogP contribution in [0.5, 0.6) is 0 Å². The Morgan fingerprint density at radius 3 is 2.47 bits per heavy atom. The first-order valence-corrected chi connectivity index (χ1v) is 11.6. The molecule has 0 bridgehead atoms. The highest BCUT2D eigenvalue weighted by Crippen LogP contribution is 2.34. The van der Waals surface area contributed by atoms with E-state index in [0.717, 1.165) is 31.5 Å². The van der Waals surface area contributed by atoms with E-state index in [1.807, 2.05) is 18.2 Å². The average Bonchev–Trinajstić information content (AvgIpc) is 3.21. The molecule has 4 nitrogen and oxygen atoms in total. The molecular formula is C24H23N3OS2. The third kappa shape index (κ3) is 4.55. The van der Waals surface area contributed by atoms with Crippen molar-refractivity contribution in [2.75, 3.05) is 10.7 Å². The number of nitrogens with zero attached hydrogens (tertiary/aromatic N) is 3. The van der Waals surface area contributed by atoms with Crippen LogP contribution in [-0.2, 0) is 11.3 Å². The number of hydrogen-bond donors (Lipinski definition) is 0. The summed E-state index contributed by atoms with van der Waals surface area (Å²) >= 11 is 3.12. The molecule has 0 spiro atoms. The predicted molar refractivity (Wildman–Crippen MR) is 126 cm³/mol. The lowest BCUT2D eigenvalue weighted by Gasteiger charge is -2.19. The zero-order valence-corrected chi connectivity index (χ0v) is 18.9. The molecular weight excluding hydrogens is 410 g/mol. The number of thiazole rings is 1. The fourth-order valence-electron chi connectivity index (χ4n) is 3.14. The van der Waals surface area contributed by atoms with Crippen LogP contribution in [0, 0.1) is 20.8 Å². The van der Waals surface area contributed by atoms with E-state index in [9.17, 15) is 4.79 Å². The molecule has 0 atom stereocenters. The van der Waals surface area contributed by atoms with E-state index in [-0.39, 0.29) is 5.91 Å². The molecule has 152 valence electrons. The van der Waals surface area contributed by atoms with Gasteiger partial charge in [0.05, 0.1) is 28.2 Å². The van der Waals surface area contributed by atoms with Crippen molar-refractivity contribution in [3.63, 3.8) is 0 Å². The lowest BCUT2D eigenvalue weighted by Crippen LogP contribution is -2.32. The molecule has 4 aromatic rings. The molecule has 2 heterocycles. The summed E-state index contributed by atoms with van der Waals surface area (Å²) in [6.45, 7) is 6.61. The van der Waals surface area contributed by atoms with Crippen LogP contribution in [0.3, 0.4) is 0 Å². The van der Waals surface area contributed by atoms with Crippen LogP contribution in [0.2, 0.25) is 0 Å². The highest BCUT2D eigenvalue weighted by molar-refractivity contribution is 8.00. The number of carbonyl (C=O) groups is 1. The van der Waals surface area contributed by atoms with Gasteiger partial charge in [0.2, 0.25) is 5.91 Å². The van der Waals surface area contributed by atoms with E-state index >= 15 is 0 Å². The maximum Gasteiger partial charge on any atom is 0.239 e. The third-order valence-corrected chi connectivity index (χ3v) is 7.10. The van der Waals surface area contributed by atoms with Crippen molar-refractivity contribution in [1.29, 1.82) is 0 Å². The van der Waals surface area contributed by atoms with Crippen molar-refractivity contribution in [3.05, 3.63) is 83.2 Å². The molecule has 30 heavy (non-hydrogen) atoms. The third-order valence-electron chi connectivity index (χ3n) is 4.89. The Balaban J connectivity index is 1.64. The summed E-state index contributed by atoms with van der Waals surface area (Å²) in [6.07, 6.45) is 1.76. The lowest BCUT2D eigenvalue weighted by atomic mass is 10.1. The van der Waals surface area contributed by atoms with Crippen LogP contribution in [0.4, 0.5) is 5.13 Å². The molecule has 6 heteroatoms. The second-order valence-corrected chi connectivity index (χ2v) is 9.30. The van der Waals surface area contributed by atoms with Gasteiger partial charge in [-0.25, -0.2) is 4.98 Å². The van der Waals surface area contributed by atoms with Gasteiger partial charge in [0.15, 0.2) is 5.13 Å². The summed E-state index contributed by atoms with van der Waals surface area (Å²) < 4.78 is 1.13. The van der Waals surface area contributed by atoms with Crippen molar-refractivity contribution in [3.8, 4) is 0 Å². The van der Waals surface area contributed by atoms with Crippen LogP contribution >= 0.6 is 23.1 Å². The first kappa shape index (κ1) is 20.6. The van der Waals surface area contributed by atoms with E-state index < -0.39 is 0 Å². The molecule has 2 aromatic heterocycles. The topological polar surface area (TPSA) is 46.1 Å². The standard InChI is InChI=1S/C24H23N3OS2/c1-16-7-11-20(12-8-16)29-15-21(28)27(14-19-6-4-5-13-25-19)24-26-22-17(2)9-10-18(3)23(22)30-24/h4-13H,14-15H2,1-3H3. The van der Waals surface area contributed by atoms with Crippen molar-refractivity contribution in [2.45, 2.75) is 32.2 Å². The van der Waals surface area contributed by atoms with Gasteiger partial charge in [-0.1, -0.05) is 47.2 Å². The first-order valence-electron chi connectivity index (χ1n) is 9.78. The largest absolute Gasteiger partial charge is 0.281 e. The number of rotatable bonds is 6. The Hall–Kier alpha value is -2.70. The van der Waals surface area contributed by atoms with Crippen LogP contribution in [0.1, 0.15) is 22.4 Å². The summed E-state index contributed by atoms with van der Waals surface area (Å²) in [5.74, 6) is 0.379. The predicted octanol–water partition coefficient (Wildman–Crippen LogP) is 5.94. The Morgan fingerprint density at radius 1 is 1.00 bits per heavy atom. The monoisotopic (exact) mass is 433 g/mol. The summed E-state index contributed by atoms with van der Waals surface area (Å²) in [7, 11) is 0. The molecule has 0 aliphatic carbocycles. The molecule has 2 aromatic carbocycles. The molecule has 0 unspecified atom stereocenters. The zero-order chi connectivity index (χ0) is 21.1. The number of carbonyl (C=O) groups excluding carboxylic acids is 1. The molecule has 0 N–H and O–H groups in total. The number of anilines is 1. The smallest absolute Gasteiger partial charge is 0.239 e. The van der Waals surface area contributed by atoms with E-state index in [1.165, 1.54) is 11.1 Å². The molecule has 1 amide bonds. The maximum atomic E-state index is 13.3. The van der Waals surface area contributed by atoms with Gasteiger partial charge in [-0.2, -0.15) is 0 Å². The second-order valence-electron chi connectivity index (χ2n) is 7.28. The van der Waals surface area contributed by atoms with Crippen molar-refractivity contribution < 1.29 is 4.79 Å². The molecule has 0 aliphatic heterocycles. The fourth-order valence-corrected chi connectivity index (χ4v) is 5.04. The van der Waals surface area contributed by atoms with Crippen molar-refractivity contribution in [1.82, 2.24) is 9.97 Å². The van der Waals surface area contributed by atoms with Crippen LogP contribution < -0.4 is 4.90 Å². The highest BCUT2D eigenvalue weighted by Gasteiger charge is 2.22. The van der Waals surface area contributed by atoms with Crippen LogP contribution in [0.25, 0.3) is 10.2 Å². The van der Waals surface area contributed by atoms with Crippen molar-refractivity contribution in [2.24, 2.45) is 0 Å². The van der Waals surface area contributed by atoms with E-state index in [0.29, 0.717) is 12.3 Å². The first-order chi connectivity index (χ1) is 14.5. The van der Waals surface area contributed by atoms with Crippen LogP contribution in [0.15, 0.2) is 65.7 Å². The summed E-state index contributed by atoms with van der Waals surface area (Å²) in [5, 5.41) is 0.725. The number of aryl methyl sites for hydroxylation is 3. The Kier molecular flexibility index (Phi) is 6.16. The Bertz CT molecular complexity index is 1130. The quantitative estimate of drug-likeness (QED) is 0.353. The summed E-state index contributed by atoms with van der Waals surface area (Å²) in [6, 6.07) is 18.2. The maximum absolute atomic E-state index is 13.3. The molecule has 4 rings (SSSR count). The van der Waals surface area contributed by atoms with E-state index in [4.69, 9.17) is 4.98 Å². The minimum atomic E-state index is 0.0283. The summed E-state index contributed by atoms with van der Waals surface area (Å²) in [4.78, 5) is 25.4. The number of aromatic nitrogens is 2. The van der Waals surface area contributed by atoms with Gasteiger partial charge in [-0.15, -0.1) is 11.8 Å². The van der Waals surface area contributed by atoms with Gasteiger partial charge in [-0.05, 0) is 56.2 Å². The minimum Gasteiger partial charge on any atom is -0.281 e. The minimum absolute atomic E-state index is 0.0283. The molecule has 0 aliphatic rings. The average molecular weight is 434 g/mol. The van der Waals surface area contributed by atoms with Gasteiger partial charge in [0.1, 0.15) is 0 Å². The van der Waals surface area contributed by atoms with E-state index in [1.54, 1.807) is 34.2 Å². The molecule has 0 fully saturated rings. The molecule has 0 saturated carbocycles. The lowest BCUT2D eigenvalue weighted by molar-refractivity contribution is -0.116. The Morgan fingerprint density at radius 2 is 1.77 bits per heavy atom. The van der Waals surface area contributed by atoms with Gasteiger partial charge >= 0.3 is 0 Å². The van der Waals surface area contributed by atoms with Gasteiger partial charge in [0.25, 0.3) is 0 Å². The number of fused-ring (bicyclic) bond motifs is 1. The van der Waals surface area contributed by atoms with E-state index in [2.05, 4.69) is 62.2 Å². The number of hydrogen-bond acceptors (Lipinski definition) is 5. The van der Waals surface area contributed by atoms with Crippen LogP contribution in [-0.4, -0.2) is 21.6 Å². The zero-order valence-electron chi connectivity index (χ0n) is 17.3. The SMILES string of the molecule is Cc1ccc(SCC(=O)N(Cc2ccccn2)c2nc3c(C)ccc(C)c3s2)cc1.